The van der Waals surface area contributed by atoms with Gasteiger partial charge in [-0.15, -0.1) is 0 Å². The minimum atomic E-state index is -3.91. The molecule has 0 aliphatic rings. The van der Waals surface area contributed by atoms with Crippen molar-refractivity contribution in [3.63, 3.8) is 0 Å². The van der Waals surface area contributed by atoms with Crippen LogP contribution in [0.2, 0.25) is 0 Å². The van der Waals surface area contributed by atoms with E-state index in [2.05, 4.69) is 10.1 Å². The van der Waals surface area contributed by atoms with Crippen LogP contribution in [-0.4, -0.2) is 23.2 Å². The Bertz CT molecular complexity index is 991. The number of hydrogen-bond donors (Lipinski definition) is 0. The second kappa shape index (κ2) is 7.17. The van der Waals surface area contributed by atoms with E-state index in [0.29, 0.717) is 17.3 Å². The Morgan fingerprint density at radius 3 is 2.23 bits per heavy atom. The third-order valence-electron chi connectivity index (χ3n) is 3.69. The summed E-state index contributed by atoms with van der Waals surface area (Å²) in [4.78, 5) is 4.12. The van der Waals surface area contributed by atoms with Gasteiger partial charge in [-0.2, -0.15) is 13.5 Å². The summed E-state index contributed by atoms with van der Waals surface area (Å²) in [5.74, 6) is 1.49. The first-order valence-corrected chi connectivity index (χ1v) is 9.33. The molecule has 3 rings (SSSR count). The number of aromatic nitrogens is 3. The highest BCUT2D eigenvalue weighted by atomic mass is 32.2. The molecule has 0 aliphatic carbocycles. The molecule has 3 aromatic rings. The number of nitrogens with zero attached hydrogens (tertiary/aromatic N) is 3. The zero-order chi connectivity index (χ0) is 18.7. The summed E-state index contributed by atoms with van der Waals surface area (Å²) < 4.78 is 37.3. The van der Waals surface area contributed by atoms with E-state index < -0.39 is 10.1 Å². The molecule has 0 atom stereocenters. The molecule has 0 radical (unpaired) electrons. The van der Waals surface area contributed by atoms with Crippen LogP contribution in [0.15, 0.2) is 53.7 Å². The molecule has 0 amide bonds. The second-order valence-corrected chi connectivity index (χ2v) is 7.47. The van der Waals surface area contributed by atoms with Crippen LogP contribution in [-0.2, 0) is 23.8 Å². The highest BCUT2D eigenvalue weighted by Crippen LogP contribution is 2.23. The first-order valence-electron chi connectivity index (χ1n) is 7.92. The molecule has 136 valence electrons. The predicted molar refractivity (Wildman–Crippen MR) is 95.5 cm³/mol. The molecule has 0 saturated carbocycles. The topological polar surface area (TPSA) is 83.3 Å². The van der Waals surface area contributed by atoms with Gasteiger partial charge in [0, 0.05) is 7.05 Å². The standard InChI is InChI=1S/C18H19N3O4S/c1-13-8-14(2)10-16(9-13)25-26(22,23)17-6-4-15(5-7-17)24-11-18-19-12-20-21(18)3/h4-10,12H,11H2,1-3H3. The van der Waals surface area contributed by atoms with Gasteiger partial charge in [0.1, 0.15) is 29.3 Å². The summed E-state index contributed by atoms with van der Waals surface area (Å²) >= 11 is 0. The highest BCUT2D eigenvalue weighted by Gasteiger charge is 2.17. The van der Waals surface area contributed by atoms with E-state index in [-0.39, 0.29) is 11.5 Å². The van der Waals surface area contributed by atoms with Crippen molar-refractivity contribution >= 4 is 10.1 Å². The van der Waals surface area contributed by atoms with Gasteiger partial charge in [-0.25, -0.2) is 4.98 Å². The quantitative estimate of drug-likeness (QED) is 0.618. The number of hydrogen-bond acceptors (Lipinski definition) is 6. The first-order chi connectivity index (χ1) is 12.3. The lowest BCUT2D eigenvalue weighted by Gasteiger charge is -2.10. The summed E-state index contributed by atoms with van der Waals surface area (Å²) in [7, 11) is -2.14. The molecule has 0 saturated heterocycles. The molecule has 1 aromatic heterocycles. The molecular formula is C18H19N3O4S. The van der Waals surface area contributed by atoms with Gasteiger partial charge in [0.05, 0.1) is 0 Å². The number of benzene rings is 2. The Labute approximate surface area is 152 Å². The van der Waals surface area contributed by atoms with Crippen molar-refractivity contribution in [3.8, 4) is 11.5 Å². The summed E-state index contributed by atoms with van der Waals surface area (Å²) in [6, 6.07) is 11.4. The van der Waals surface area contributed by atoms with Gasteiger partial charge in [0.15, 0.2) is 5.82 Å². The minimum absolute atomic E-state index is 0.0580. The molecular weight excluding hydrogens is 354 g/mol. The Morgan fingerprint density at radius 1 is 1.00 bits per heavy atom. The second-order valence-electron chi connectivity index (χ2n) is 5.92. The van der Waals surface area contributed by atoms with Gasteiger partial charge < -0.3 is 8.92 Å². The third-order valence-corrected chi connectivity index (χ3v) is 4.95. The lowest BCUT2D eigenvalue weighted by Crippen LogP contribution is -2.10. The summed E-state index contributed by atoms with van der Waals surface area (Å²) in [6.45, 7) is 4.01. The lowest BCUT2D eigenvalue weighted by molar-refractivity contribution is 0.289. The van der Waals surface area contributed by atoms with E-state index in [0.717, 1.165) is 11.1 Å². The van der Waals surface area contributed by atoms with Crippen LogP contribution < -0.4 is 8.92 Å². The summed E-state index contributed by atoms with van der Waals surface area (Å²) in [5, 5.41) is 3.96. The van der Waals surface area contributed by atoms with E-state index in [1.165, 1.54) is 18.5 Å². The average Bonchev–Trinajstić information content (AvgIpc) is 2.97. The van der Waals surface area contributed by atoms with E-state index in [9.17, 15) is 8.42 Å². The molecule has 2 aromatic carbocycles. The normalized spacial score (nSPS) is 11.3. The zero-order valence-electron chi connectivity index (χ0n) is 14.7. The smallest absolute Gasteiger partial charge is 0.339 e. The number of ether oxygens (including phenoxy) is 1. The maximum Gasteiger partial charge on any atom is 0.339 e. The number of rotatable bonds is 6. The van der Waals surface area contributed by atoms with E-state index in [4.69, 9.17) is 8.92 Å². The van der Waals surface area contributed by atoms with Crippen LogP contribution in [0.5, 0.6) is 11.5 Å². The van der Waals surface area contributed by atoms with Gasteiger partial charge in [-0.3, -0.25) is 4.68 Å². The van der Waals surface area contributed by atoms with Gasteiger partial charge in [0.25, 0.3) is 0 Å². The molecule has 0 spiro atoms. The number of aryl methyl sites for hydroxylation is 3. The molecule has 7 nitrogen and oxygen atoms in total. The first kappa shape index (κ1) is 17.9. The Kier molecular flexibility index (Phi) is 4.94. The molecule has 0 bridgehead atoms. The van der Waals surface area contributed by atoms with Crippen molar-refractivity contribution < 1.29 is 17.3 Å². The van der Waals surface area contributed by atoms with Gasteiger partial charge in [-0.1, -0.05) is 6.07 Å². The minimum Gasteiger partial charge on any atom is -0.486 e. The van der Waals surface area contributed by atoms with Crippen LogP contribution in [0.4, 0.5) is 0 Å². The molecule has 0 fully saturated rings. The predicted octanol–water partition coefficient (Wildman–Crippen LogP) is 2.78. The lowest BCUT2D eigenvalue weighted by atomic mass is 10.1. The third kappa shape index (κ3) is 4.20. The fourth-order valence-electron chi connectivity index (χ4n) is 2.46. The molecule has 0 aliphatic heterocycles. The fourth-order valence-corrected chi connectivity index (χ4v) is 3.37. The maximum absolute atomic E-state index is 12.4. The maximum atomic E-state index is 12.4. The van der Waals surface area contributed by atoms with Gasteiger partial charge >= 0.3 is 10.1 Å². The van der Waals surface area contributed by atoms with E-state index in [1.807, 2.05) is 19.9 Å². The van der Waals surface area contributed by atoms with Gasteiger partial charge in [-0.05, 0) is 61.4 Å². The Balaban J connectivity index is 1.71. The molecule has 26 heavy (non-hydrogen) atoms. The van der Waals surface area contributed by atoms with Crippen molar-refractivity contribution in [1.82, 2.24) is 14.8 Å². The Morgan fingerprint density at radius 2 is 1.65 bits per heavy atom. The van der Waals surface area contributed by atoms with Crippen molar-refractivity contribution in [2.24, 2.45) is 7.05 Å². The van der Waals surface area contributed by atoms with Crippen LogP contribution in [0.3, 0.4) is 0 Å². The van der Waals surface area contributed by atoms with E-state index >= 15 is 0 Å². The van der Waals surface area contributed by atoms with E-state index in [1.54, 1.807) is 36.0 Å². The van der Waals surface area contributed by atoms with Crippen molar-refractivity contribution in [3.05, 3.63) is 65.7 Å². The summed E-state index contributed by atoms with van der Waals surface area (Å²) in [5.41, 5.74) is 1.87. The van der Waals surface area contributed by atoms with Crippen LogP contribution >= 0.6 is 0 Å². The molecule has 1 heterocycles. The van der Waals surface area contributed by atoms with Crippen molar-refractivity contribution in [2.75, 3.05) is 0 Å². The van der Waals surface area contributed by atoms with Crippen molar-refractivity contribution in [2.45, 2.75) is 25.3 Å². The van der Waals surface area contributed by atoms with Crippen LogP contribution in [0, 0.1) is 13.8 Å². The zero-order valence-corrected chi connectivity index (χ0v) is 15.5. The van der Waals surface area contributed by atoms with Crippen molar-refractivity contribution in [1.29, 1.82) is 0 Å². The SMILES string of the molecule is Cc1cc(C)cc(OS(=O)(=O)c2ccc(OCc3ncnn3C)cc2)c1. The monoisotopic (exact) mass is 373 g/mol. The fraction of sp³-hybridized carbons (Fsp3) is 0.222. The highest BCUT2D eigenvalue weighted by molar-refractivity contribution is 7.87. The Hall–Kier alpha value is -2.87. The van der Waals surface area contributed by atoms with Crippen LogP contribution in [0.1, 0.15) is 17.0 Å². The van der Waals surface area contributed by atoms with Gasteiger partial charge in [0.2, 0.25) is 0 Å². The molecule has 0 N–H and O–H groups in total. The average molecular weight is 373 g/mol. The van der Waals surface area contributed by atoms with Crippen LogP contribution in [0.25, 0.3) is 0 Å². The molecule has 0 unspecified atom stereocenters. The summed E-state index contributed by atoms with van der Waals surface area (Å²) in [6.07, 6.45) is 1.44. The molecule has 8 heteroatoms. The largest absolute Gasteiger partial charge is 0.486 e.